The van der Waals surface area contributed by atoms with Crippen LogP contribution in [-0.2, 0) is 9.59 Å². The summed E-state index contributed by atoms with van der Waals surface area (Å²) in [6.45, 7) is 1.83. The summed E-state index contributed by atoms with van der Waals surface area (Å²) in [7, 11) is 1.45. The normalized spacial score (nSPS) is 17.8. The third-order valence-corrected chi connectivity index (χ3v) is 5.37. The third kappa shape index (κ3) is 3.46. The van der Waals surface area contributed by atoms with Crippen LogP contribution in [0.3, 0.4) is 0 Å². The summed E-state index contributed by atoms with van der Waals surface area (Å²) >= 11 is 0. The van der Waals surface area contributed by atoms with Crippen LogP contribution in [0.15, 0.2) is 78.4 Å². The molecule has 0 aliphatic carbocycles. The van der Waals surface area contributed by atoms with Crippen LogP contribution >= 0.6 is 0 Å². The van der Waals surface area contributed by atoms with Crippen LogP contribution in [0.4, 0.5) is 10.1 Å². The number of aliphatic hydroxyl groups excluding tert-OH is 1. The van der Waals surface area contributed by atoms with Gasteiger partial charge in [0.25, 0.3) is 11.7 Å². The van der Waals surface area contributed by atoms with Crippen LogP contribution in [0.1, 0.15) is 22.7 Å². The van der Waals surface area contributed by atoms with Gasteiger partial charge in [-0.3, -0.25) is 14.5 Å². The Morgan fingerprint density at radius 1 is 0.968 bits per heavy atom. The number of hydrogen-bond donors (Lipinski definition) is 1. The second kappa shape index (κ2) is 8.07. The van der Waals surface area contributed by atoms with Gasteiger partial charge in [0.05, 0.1) is 24.3 Å². The standard InChI is InChI=1S/C25H20FNO4/c1-15-7-3-5-9-19(15)27-22(16-11-13-17(26)14-12-16)21(24(29)25(27)30)23(28)18-8-4-6-10-20(18)31-2/h3-14,22,28H,1-2H3/b23-21-. The third-order valence-electron chi connectivity index (χ3n) is 5.37. The van der Waals surface area contributed by atoms with E-state index < -0.39 is 23.5 Å². The van der Waals surface area contributed by atoms with Crippen LogP contribution < -0.4 is 9.64 Å². The van der Waals surface area contributed by atoms with Crippen molar-refractivity contribution in [2.75, 3.05) is 12.0 Å². The van der Waals surface area contributed by atoms with Gasteiger partial charge in [-0.2, -0.15) is 0 Å². The summed E-state index contributed by atoms with van der Waals surface area (Å²) < 4.78 is 18.9. The van der Waals surface area contributed by atoms with Crippen LogP contribution in [-0.4, -0.2) is 23.9 Å². The van der Waals surface area contributed by atoms with Crippen molar-refractivity contribution in [3.63, 3.8) is 0 Å². The molecule has 0 aromatic heterocycles. The van der Waals surface area contributed by atoms with E-state index in [9.17, 15) is 19.1 Å². The molecule has 1 fully saturated rings. The summed E-state index contributed by atoms with van der Waals surface area (Å²) in [5, 5.41) is 11.2. The van der Waals surface area contributed by atoms with Gasteiger partial charge in [-0.05, 0) is 48.4 Å². The van der Waals surface area contributed by atoms with Gasteiger partial charge in [0, 0.05) is 5.69 Å². The summed E-state index contributed by atoms with van der Waals surface area (Å²) in [6.07, 6.45) is 0. The minimum atomic E-state index is -0.924. The van der Waals surface area contributed by atoms with Gasteiger partial charge in [-0.15, -0.1) is 0 Å². The Hall–Kier alpha value is -3.93. The fourth-order valence-corrected chi connectivity index (χ4v) is 3.86. The Morgan fingerprint density at radius 2 is 1.61 bits per heavy atom. The molecule has 1 amide bonds. The van der Waals surface area contributed by atoms with Gasteiger partial charge < -0.3 is 9.84 Å². The quantitative estimate of drug-likeness (QED) is 0.377. The lowest BCUT2D eigenvalue weighted by Gasteiger charge is -2.26. The molecule has 1 unspecified atom stereocenters. The zero-order chi connectivity index (χ0) is 22.1. The maximum absolute atomic E-state index is 13.6. The summed E-state index contributed by atoms with van der Waals surface area (Å²) in [5.74, 6) is -2.01. The lowest BCUT2D eigenvalue weighted by Crippen LogP contribution is -2.30. The van der Waals surface area contributed by atoms with E-state index in [-0.39, 0.29) is 11.3 Å². The smallest absolute Gasteiger partial charge is 0.300 e. The number of Topliss-reactive ketones (excluding diaryl/α,β-unsaturated/α-hetero) is 1. The van der Waals surface area contributed by atoms with Crippen molar-refractivity contribution in [3.05, 3.63) is 101 Å². The van der Waals surface area contributed by atoms with Gasteiger partial charge in [0.15, 0.2) is 0 Å². The van der Waals surface area contributed by atoms with E-state index in [1.165, 1.54) is 36.3 Å². The van der Waals surface area contributed by atoms with Crippen molar-refractivity contribution >= 4 is 23.1 Å². The van der Waals surface area contributed by atoms with Crippen molar-refractivity contribution in [1.29, 1.82) is 0 Å². The van der Waals surface area contributed by atoms with Gasteiger partial charge in [-0.1, -0.05) is 42.5 Å². The molecule has 3 aromatic carbocycles. The van der Waals surface area contributed by atoms with Crippen LogP contribution in [0.2, 0.25) is 0 Å². The van der Waals surface area contributed by atoms with Gasteiger partial charge in [-0.25, -0.2) is 4.39 Å². The number of ether oxygens (including phenoxy) is 1. The Kier molecular flexibility index (Phi) is 5.29. The molecular formula is C25H20FNO4. The first kappa shape index (κ1) is 20.3. The summed E-state index contributed by atoms with van der Waals surface area (Å²) in [5.41, 5.74) is 2.04. The number of ketones is 1. The number of carbonyl (C=O) groups is 2. The van der Waals surface area contributed by atoms with Gasteiger partial charge in [0.2, 0.25) is 0 Å². The molecule has 31 heavy (non-hydrogen) atoms. The largest absolute Gasteiger partial charge is 0.507 e. The zero-order valence-corrected chi connectivity index (χ0v) is 17.0. The van der Waals surface area contributed by atoms with E-state index in [1.54, 1.807) is 36.4 Å². The number of aryl methyl sites for hydroxylation is 1. The number of anilines is 1. The van der Waals surface area contributed by atoms with Gasteiger partial charge >= 0.3 is 0 Å². The zero-order valence-electron chi connectivity index (χ0n) is 17.0. The van der Waals surface area contributed by atoms with Crippen LogP contribution in [0, 0.1) is 12.7 Å². The minimum Gasteiger partial charge on any atom is -0.507 e. The number of benzene rings is 3. The highest BCUT2D eigenvalue weighted by molar-refractivity contribution is 6.51. The lowest BCUT2D eigenvalue weighted by molar-refractivity contribution is -0.132. The van der Waals surface area contributed by atoms with Crippen LogP contribution in [0.25, 0.3) is 5.76 Å². The average molecular weight is 417 g/mol. The number of hydrogen-bond acceptors (Lipinski definition) is 4. The molecule has 1 atom stereocenters. The topological polar surface area (TPSA) is 66.8 Å². The highest BCUT2D eigenvalue weighted by atomic mass is 19.1. The van der Waals surface area contributed by atoms with E-state index >= 15 is 0 Å². The van der Waals surface area contributed by atoms with Crippen molar-refractivity contribution in [1.82, 2.24) is 0 Å². The fourth-order valence-electron chi connectivity index (χ4n) is 3.86. The number of nitrogens with zero attached hydrogens (tertiary/aromatic N) is 1. The minimum absolute atomic E-state index is 0.0793. The van der Waals surface area contributed by atoms with E-state index in [1.807, 2.05) is 19.1 Å². The number of halogens is 1. The van der Waals surface area contributed by atoms with E-state index in [2.05, 4.69) is 0 Å². The first-order valence-corrected chi connectivity index (χ1v) is 9.69. The highest BCUT2D eigenvalue weighted by Crippen LogP contribution is 2.43. The molecule has 1 aliphatic rings. The second-order valence-corrected chi connectivity index (χ2v) is 7.21. The Labute approximate surface area is 179 Å². The SMILES string of the molecule is COc1ccccc1/C(O)=C1/C(=O)C(=O)N(c2ccccc2C)C1c1ccc(F)cc1. The van der Waals surface area contributed by atoms with E-state index in [0.29, 0.717) is 22.6 Å². The molecule has 0 radical (unpaired) electrons. The van der Waals surface area contributed by atoms with E-state index in [4.69, 9.17) is 4.74 Å². The molecule has 156 valence electrons. The van der Waals surface area contributed by atoms with Crippen molar-refractivity contribution in [3.8, 4) is 5.75 Å². The van der Waals surface area contributed by atoms with Crippen molar-refractivity contribution in [2.24, 2.45) is 0 Å². The molecule has 3 aromatic rings. The Bertz CT molecular complexity index is 1200. The molecular weight excluding hydrogens is 397 g/mol. The molecule has 0 saturated carbocycles. The lowest BCUT2D eigenvalue weighted by atomic mass is 9.94. The molecule has 1 aliphatic heterocycles. The highest BCUT2D eigenvalue weighted by Gasteiger charge is 2.47. The first-order valence-electron chi connectivity index (χ1n) is 9.69. The van der Waals surface area contributed by atoms with Gasteiger partial charge in [0.1, 0.15) is 17.3 Å². The Balaban J connectivity index is 1.99. The molecule has 5 nitrogen and oxygen atoms in total. The molecule has 0 bridgehead atoms. The number of carbonyl (C=O) groups excluding carboxylic acids is 2. The summed E-state index contributed by atoms with van der Waals surface area (Å²) in [6, 6.07) is 18.5. The first-order chi connectivity index (χ1) is 14.9. The molecule has 6 heteroatoms. The number of para-hydroxylation sites is 2. The maximum Gasteiger partial charge on any atom is 0.300 e. The number of rotatable bonds is 4. The van der Waals surface area contributed by atoms with Crippen LogP contribution in [0.5, 0.6) is 5.75 Å². The predicted molar refractivity (Wildman–Crippen MR) is 115 cm³/mol. The van der Waals surface area contributed by atoms with E-state index in [0.717, 1.165) is 5.56 Å². The average Bonchev–Trinajstić information content (AvgIpc) is 3.04. The predicted octanol–water partition coefficient (Wildman–Crippen LogP) is 4.77. The Morgan fingerprint density at radius 3 is 2.29 bits per heavy atom. The van der Waals surface area contributed by atoms with Crippen molar-refractivity contribution < 1.29 is 23.8 Å². The second-order valence-electron chi connectivity index (χ2n) is 7.21. The number of methoxy groups -OCH3 is 1. The number of amides is 1. The monoisotopic (exact) mass is 417 g/mol. The van der Waals surface area contributed by atoms with Crippen molar-refractivity contribution in [2.45, 2.75) is 13.0 Å². The number of aliphatic hydroxyl groups is 1. The summed E-state index contributed by atoms with van der Waals surface area (Å²) in [4.78, 5) is 27.6. The molecule has 1 N–H and O–H groups in total. The molecule has 1 saturated heterocycles. The molecule has 0 spiro atoms. The fraction of sp³-hybridized carbons (Fsp3) is 0.120. The maximum atomic E-state index is 13.6. The molecule has 1 heterocycles. The molecule has 4 rings (SSSR count).